The summed E-state index contributed by atoms with van der Waals surface area (Å²) in [6.45, 7) is 2.31. The third kappa shape index (κ3) is 3.50. The van der Waals surface area contributed by atoms with Gasteiger partial charge in [0.15, 0.2) is 9.84 Å². The molecule has 7 nitrogen and oxygen atoms in total. The summed E-state index contributed by atoms with van der Waals surface area (Å²) < 4.78 is 27.8. The smallest absolute Gasteiger partial charge is 0.280 e. The number of aromatic nitrogens is 1. The molecular formula is C12H18N2O5S. The molecule has 0 saturated carbocycles. The minimum Gasteiger partial charge on any atom is -0.384 e. The second kappa shape index (κ2) is 5.82. The SMILES string of the molecule is CCN(C(=O)CCc1cc(=O)[nH]o1)[C@@H]1CCS(=O)(=O)C1. The molecular weight excluding hydrogens is 284 g/mol. The Morgan fingerprint density at radius 1 is 1.55 bits per heavy atom. The quantitative estimate of drug-likeness (QED) is 0.821. The second-order valence-corrected chi connectivity index (χ2v) is 7.14. The first-order valence-electron chi connectivity index (χ1n) is 6.58. The van der Waals surface area contributed by atoms with Crippen molar-refractivity contribution in [2.24, 2.45) is 0 Å². The Hall–Kier alpha value is -1.57. The fraction of sp³-hybridized carbons (Fsp3) is 0.667. The summed E-state index contributed by atoms with van der Waals surface area (Å²) in [4.78, 5) is 24.7. The highest BCUT2D eigenvalue weighted by molar-refractivity contribution is 7.91. The number of hydrogen-bond acceptors (Lipinski definition) is 5. The van der Waals surface area contributed by atoms with Gasteiger partial charge in [-0.05, 0) is 13.3 Å². The van der Waals surface area contributed by atoms with Crippen molar-refractivity contribution in [1.82, 2.24) is 10.1 Å². The molecule has 0 aliphatic carbocycles. The van der Waals surface area contributed by atoms with Crippen LogP contribution in [0.5, 0.6) is 0 Å². The van der Waals surface area contributed by atoms with Crippen molar-refractivity contribution in [3.8, 4) is 0 Å². The Balaban J connectivity index is 1.94. The van der Waals surface area contributed by atoms with Crippen LogP contribution in [-0.4, -0.2) is 48.5 Å². The number of amides is 1. The maximum atomic E-state index is 12.2. The van der Waals surface area contributed by atoms with Gasteiger partial charge in [-0.3, -0.25) is 9.59 Å². The number of carbonyl (C=O) groups is 1. The number of rotatable bonds is 5. The molecule has 2 rings (SSSR count). The van der Waals surface area contributed by atoms with Crippen LogP contribution in [0, 0.1) is 0 Å². The van der Waals surface area contributed by atoms with Crippen molar-refractivity contribution in [2.75, 3.05) is 18.1 Å². The standard InChI is InChI=1S/C12H18N2O5S/c1-2-14(9-5-6-20(17,18)8-9)12(16)4-3-10-7-11(15)13-19-10/h7,9H,2-6,8H2,1H3,(H,13,15)/t9-/m1/s1. The summed E-state index contributed by atoms with van der Waals surface area (Å²) in [6, 6.07) is 1.08. The fourth-order valence-corrected chi connectivity index (χ4v) is 4.21. The number of nitrogens with zero attached hydrogens (tertiary/aromatic N) is 1. The zero-order valence-electron chi connectivity index (χ0n) is 11.3. The van der Waals surface area contributed by atoms with E-state index in [1.807, 2.05) is 6.92 Å². The van der Waals surface area contributed by atoms with Crippen molar-refractivity contribution in [1.29, 1.82) is 0 Å². The zero-order chi connectivity index (χ0) is 14.8. The molecule has 0 radical (unpaired) electrons. The lowest BCUT2D eigenvalue weighted by Crippen LogP contribution is -2.41. The van der Waals surface area contributed by atoms with Crippen LogP contribution in [0.4, 0.5) is 0 Å². The summed E-state index contributed by atoms with van der Waals surface area (Å²) in [5.41, 5.74) is -0.332. The first-order valence-corrected chi connectivity index (χ1v) is 8.40. The van der Waals surface area contributed by atoms with Gasteiger partial charge in [-0.2, -0.15) is 5.16 Å². The van der Waals surface area contributed by atoms with E-state index < -0.39 is 9.84 Å². The average molecular weight is 302 g/mol. The maximum absolute atomic E-state index is 12.2. The van der Waals surface area contributed by atoms with Gasteiger partial charge in [0.2, 0.25) is 5.91 Å². The molecule has 1 aliphatic rings. The molecule has 1 atom stereocenters. The van der Waals surface area contributed by atoms with E-state index in [1.54, 1.807) is 4.90 Å². The monoisotopic (exact) mass is 302 g/mol. The maximum Gasteiger partial charge on any atom is 0.280 e. The first-order chi connectivity index (χ1) is 9.41. The molecule has 1 saturated heterocycles. The number of nitrogens with one attached hydrogen (secondary N) is 1. The number of aryl methyl sites for hydroxylation is 1. The molecule has 20 heavy (non-hydrogen) atoms. The Kier molecular flexibility index (Phi) is 4.32. The first kappa shape index (κ1) is 14.8. The van der Waals surface area contributed by atoms with E-state index in [4.69, 9.17) is 4.52 Å². The fourth-order valence-electron chi connectivity index (χ4n) is 2.48. The van der Waals surface area contributed by atoms with Gasteiger partial charge >= 0.3 is 0 Å². The van der Waals surface area contributed by atoms with Crippen LogP contribution >= 0.6 is 0 Å². The summed E-state index contributed by atoms with van der Waals surface area (Å²) in [7, 11) is -3.01. The van der Waals surface area contributed by atoms with Crippen LogP contribution in [0.2, 0.25) is 0 Å². The van der Waals surface area contributed by atoms with Gasteiger partial charge in [0, 0.05) is 31.5 Å². The molecule has 112 valence electrons. The second-order valence-electron chi connectivity index (χ2n) is 4.92. The van der Waals surface area contributed by atoms with Gasteiger partial charge in [0.05, 0.1) is 11.5 Å². The van der Waals surface area contributed by atoms with Crippen LogP contribution in [0.3, 0.4) is 0 Å². The van der Waals surface area contributed by atoms with Gasteiger partial charge in [-0.1, -0.05) is 0 Å². The van der Waals surface area contributed by atoms with E-state index in [-0.39, 0.29) is 35.4 Å². The summed E-state index contributed by atoms with van der Waals surface area (Å²) in [6.07, 6.45) is 1.03. The van der Waals surface area contributed by atoms with E-state index in [0.29, 0.717) is 25.1 Å². The van der Waals surface area contributed by atoms with Crippen LogP contribution < -0.4 is 5.56 Å². The molecule has 1 aromatic heterocycles. The molecule has 1 aliphatic heterocycles. The van der Waals surface area contributed by atoms with Crippen molar-refractivity contribution >= 4 is 15.7 Å². The number of carbonyl (C=O) groups excluding carboxylic acids is 1. The lowest BCUT2D eigenvalue weighted by molar-refractivity contribution is -0.132. The Morgan fingerprint density at radius 2 is 2.30 bits per heavy atom. The lowest BCUT2D eigenvalue weighted by atomic mass is 10.1. The van der Waals surface area contributed by atoms with Crippen LogP contribution in [-0.2, 0) is 21.1 Å². The Bertz CT molecular complexity index is 630. The summed E-state index contributed by atoms with van der Waals surface area (Å²) >= 11 is 0. The highest BCUT2D eigenvalue weighted by atomic mass is 32.2. The third-order valence-electron chi connectivity index (χ3n) is 3.47. The van der Waals surface area contributed by atoms with Gasteiger partial charge in [-0.25, -0.2) is 8.42 Å². The molecule has 0 spiro atoms. The number of H-pyrrole nitrogens is 1. The predicted molar refractivity (Wildman–Crippen MR) is 72.1 cm³/mol. The lowest BCUT2D eigenvalue weighted by Gasteiger charge is -2.26. The van der Waals surface area contributed by atoms with E-state index >= 15 is 0 Å². The molecule has 0 bridgehead atoms. The molecule has 1 N–H and O–H groups in total. The van der Waals surface area contributed by atoms with E-state index in [2.05, 4.69) is 5.16 Å². The average Bonchev–Trinajstić information content (AvgIpc) is 2.94. The van der Waals surface area contributed by atoms with Gasteiger partial charge in [-0.15, -0.1) is 0 Å². The summed E-state index contributed by atoms with van der Waals surface area (Å²) in [5.74, 6) is 0.511. The highest BCUT2D eigenvalue weighted by Crippen LogP contribution is 2.18. The van der Waals surface area contributed by atoms with Crippen molar-refractivity contribution in [3.63, 3.8) is 0 Å². The largest absolute Gasteiger partial charge is 0.384 e. The molecule has 1 aromatic rings. The minimum absolute atomic E-state index is 0.0474. The predicted octanol–water partition coefficient (Wildman–Crippen LogP) is -0.0639. The molecule has 1 amide bonds. The van der Waals surface area contributed by atoms with E-state index in [9.17, 15) is 18.0 Å². The van der Waals surface area contributed by atoms with Crippen LogP contribution in [0.25, 0.3) is 0 Å². The summed E-state index contributed by atoms with van der Waals surface area (Å²) in [5, 5.41) is 2.17. The highest BCUT2D eigenvalue weighted by Gasteiger charge is 2.33. The third-order valence-corrected chi connectivity index (χ3v) is 5.22. The zero-order valence-corrected chi connectivity index (χ0v) is 12.1. The van der Waals surface area contributed by atoms with Crippen molar-refractivity contribution in [3.05, 3.63) is 22.2 Å². The molecule has 2 heterocycles. The molecule has 0 aromatic carbocycles. The number of sulfone groups is 1. The van der Waals surface area contributed by atoms with Gasteiger partial charge < -0.3 is 9.42 Å². The number of aromatic amines is 1. The number of hydrogen-bond donors (Lipinski definition) is 1. The van der Waals surface area contributed by atoms with Crippen molar-refractivity contribution < 1.29 is 17.7 Å². The molecule has 1 fully saturated rings. The minimum atomic E-state index is -3.01. The molecule has 0 unspecified atom stereocenters. The topological polar surface area (TPSA) is 100 Å². The van der Waals surface area contributed by atoms with Crippen LogP contribution in [0.1, 0.15) is 25.5 Å². The van der Waals surface area contributed by atoms with Crippen LogP contribution in [0.15, 0.2) is 15.4 Å². The van der Waals surface area contributed by atoms with Gasteiger partial charge in [0.25, 0.3) is 5.56 Å². The van der Waals surface area contributed by atoms with Crippen molar-refractivity contribution in [2.45, 2.75) is 32.2 Å². The normalized spacial score (nSPS) is 20.9. The van der Waals surface area contributed by atoms with Gasteiger partial charge in [0.1, 0.15) is 5.76 Å². The van der Waals surface area contributed by atoms with E-state index in [0.717, 1.165) is 0 Å². The molecule has 8 heteroatoms. The Labute approximate surface area is 116 Å². The Morgan fingerprint density at radius 3 is 2.80 bits per heavy atom. The van der Waals surface area contributed by atoms with E-state index in [1.165, 1.54) is 6.07 Å².